The van der Waals surface area contributed by atoms with Gasteiger partial charge in [-0.3, -0.25) is 0 Å². The lowest BCUT2D eigenvalue weighted by Crippen LogP contribution is -2.34. The first-order valence-electron chi connectivity index (χ1n) is 6.17. The van der Waals surface area contributed by atoms with Gasteiger partial charge in [-0.05, 0) is 31.4 Å². The Morgan fingerprint density at radius 2 is 2.15 bits per heavy atom. The summed E-state index contributed by atoms with van der Waals surface area (Å²) in [6.45, 7) is 0.417. The number of halogens is 2. The van der Waals surface area contributed by atoms with Crippen LogP contribution in [0.4, 0.5) is 0 Å². The maximum Gasteiger partial charge on any atom is 0.242 e. The third kappa shape index (κ3) is 3.61. The van der Waals surface area contributed by atoms with Crippen LogP contribution in [0, 0.1) is 0 Å². The molecule has 0 spiro atoms. The molecule has 2 rings (SSSR count). The van der Waals surface area contributed by atoms with E-state index in [9.17, 15) is 8.42 Å². The van der Waals surface area contributed by atoms with E-state index in [1.807, 2.05) is 0 Å². The summed E-state index contributed by atoms with van der Waals surface area (Å²) in [7, 11) is -1.86. The molecule has 4 nitrogen and oxygen atoms in total. The van der Waals surface area contributed by atoms with Crippen LogP contribution in [0.5, 0.6) is 0 Å². The minimum absolute atomic E-state index is 0.0236. The molecule has 0 amide bonds. The lowest BCUT2D eigenvalue weighted by Gasteiger charge is -2.15. The van der Waals surface area contributed by atoms with Crippen LogP contribution >= 0.6 is 35.0 Å². The summed E-state index contributed by atoms with van der Waals surface area (Å²) in [5.41, 5.74) is 0.597. The predicted molar refractivity (Wildman–Crippen MR) is 85.3 cm³/mol. The van der Waals surface area contributed by atoms with Crippen LogP contribution in [0.3, 0.4) is 0 Å². The normalized spacial score (nSPS) is 19.4. The fourth-order valence-electron chi connectivity index (χ4n) is 2.03. The number of benzene rings is 1. The highest BCUT2D eigenvalue weighted by Crippen LogP contribution is 2.31. The second-order valence-corrected chi connectivity index (χ2v) is 8.17. The molecule has 1 atom stereocenters. The molecule has 1 aromatic carbocycles. The number of thioether (sulfide) groups is 1. The summed E-state index contributed by atoms with van der Waals surface area (Å²) in [6.07, 6.45) is 0.846. The number of rotatable bonds is 5. The van der Waals surface area contributed by atoms with E-state index in [0.717, 1.165) is 17.9 Å². The number of sulfonamides is 1. The molecule has 112 valence electrons. The van der Waals surface area contributed by atoms with Crippen molar-refractivity contribution < 1.29 is 8.42 Å². The molecule has 1 saturated heterocycles. The molecule has 1 aromatic rings. The van der Waals surface area contributed by atoms with Gasteiger partial charge in [0.2, 0.25) is 10.0 Å². The van der Waals surface area contributed by atoms with Gasteiger partial charge in [0.15, 0.2) is 0 Å². The number of hydrogen-bond acceptors (Lipinski definition) is 4. The molecule has 1 fully saturated rings. The molecular weight excluding hydrogens is 339 g/mol. The van der Waals surface area contributed by atoms with Crippen molar-refractivity contribution >= 4 is 45.0 Å². The standard InChI is InChI=1S/C12H16Cl2N2O2S2/c1-15-6-9-10(13)2-3-11(12(9)14)20(17,18)16-8-4-5-19-7-8/h2-3,8,15-16H,4-7H2,1H3. The van der Waals surface area contributed by atoms with Crippen molar-refractivity contribution in [1.29, 1.82) is 0 Å². The van der Waals surface area contributed by atoms with Crippen molar-refractivity contribution in [3.63, 3.8) is 0 Å². The summed E-state index contributed by atoms with van der Waals surface area (Å²) >= 11 is 14.0. The minimum atomic E-state index is -3.61. The summed E-state index contributed by atoms with van der Waals surface area (Å²) in [5.74, 6) is 1.78. The van der Waals surface area contributed by atoms with E-state index in [1.165, 1.54) is 6.07 Å². The van der Waals surface area contributed by atoms with Gasteiger partial charge in [-0.15, -0.1) is 0 Å². The Hall–Kier alpha value is 0.0200. The lowest BCUT2D eigenvalue weighted by atomic mass is 10.2. The fraction of sp³-hybridized carbons (Fsp3) is 0.500. The van der Waals surface area contributed by atoms with Crippen molar-refractivity contribution in [1.82, 2.24) is 10.0 Å². The minimum Gasteiger partial charge on any atom is -0.316 e. The van der Waals surface area contributed by atoms with Gasteiger partial charge < -0.3 is 5.32 Å². The maximum absolute atomic E-state index is 12.4. The van der Waals surface area contributed by atoms with E-state index >= 15 is 0 Å². The summed E-state index contributed by atoms with van der Waals surface area (Å²) in [5, 5.41) is 3.57. The molecule has 0 saturated carbocycles. The Labute approximate surface area is 133 Å². The Morgan fingerprint density at radius 3 is 2.75 bits per heavy atom. The fourth-order valence-corrected chi connectivity index (χ4v) is 5.47. The van der Waals surface area contributed by atoms with E-state index in [4.69, 9.17) is 23.2 Å². The lowest BCUT2D eigenvalue weighted by molar-refractivity contribution is 0.563. The van der Waals surface area contributed by atoms with E-state index in [1.54, 1.807) is 24.9 Å². The van der Waals surface area contributed by atoms with Crippen LogP contribution in [0.15, 0.2) is 17.0 Å². The summed E-state index contributed by atoms with van der Waals surface area (Å²) in [6, 6.07) is 3.00. The zero-order valence-electron chi connectivity index (χ0n) is 10.9. The van der Waals surface area contributed by atoms with Crippen LogP contribution in [-0.4, -0.2) is 33.0 Å². The molecule has 0 aliphatic carbocycles. The van der Waals surface area contributed by atoms with Gasteiger partial charge in [0, 0.05) is 28.9 Å². The SMILES string of the molecule is CNCc1c(Cl)ccc(S(=O)(=O)NC2CCSC2)c1Cl. The molecule has 0 radical (unpaired) electrons. The average molecular weight is 355 g/mol. The second kappa shape index (κ2) is 6.85. The zero-order chi connectivity index (χ0) is 14.8. The van der Waals surface area contributed by atoms with Crippen molar-refractivity contribution in [2.75, 3.05) is 18.6 Å². The first kappa shape index (κ1) is 16.4. The quantitative estimate of drug-likeness (QED) is 0.852. The van der Waals surface area contributed by atoms with Gasteiger partial charge in [-0.1, -0.05) is 23.2 Å². The highest BCUT2D eigenvalue weighted by Gasteiger charge is 2.26. The molecule has 0 aromatic heterocycles. The molecule has 2 N–H and O–H groups in total. The van der Waals surface area contributed by atoms with Crippen molar-refractivity contribution in [2.24, 2.45) is 0 Å². The Bertz CT molecular complexity index is 587. The maximum atomic E-state index is 12.4. The summed E-state index contributed by atoms with van der Waals surface area (Å²) < 4.78 is 27.5. The first-order valence-corrected chi connectivity index (χ1v) is 9.56. The van der Waals surface area contributed by atoms with Gasteiger partial charge >= 0.3 is 0 Å². The zero-order valence-corrected chi connectivity index (χ0v) is 14.1. The van der Waals surface area contributed by atoms with Gasteiger partial charge in [0.25, 0.3) is 0 Å². The number of nitrogens with one attached hydrogen (secondary N) is 2. The predicted octanol–water partition coefficient (Wildman–Crippen LogP) is 2.50. The van der Waals surface area contributed by atoms with Crippen molar-refractivity contribution in [2.45, 2.75) is 23.9 Å². The monoisotopic (exact) mass is 354 g/mol. The smallest absolute Gasteiger partial charge is 0.242 e. The molecular formula is C12H16Cl2N2O2S2. The molecule has 1 aliphatic heterocycles. The average Bonchev–Trinajstić information content (AvgIpc) is 2.86. The molecule has 0 bridgehead atoms. The molecule has 20 heavy (non-hydrogen) atoms. The van der Waals surface area contributed by atoms with E-state index in [-0.39, 0.29) is 16.0 Å². The van der Waals surface area contributed by atoms with E-state index in [2.05, 4.69) is 10.0 Å². The van der Waals surface area contributed by atoms with Gasteiger partial charge in [-0.2, -0.15) is 11.8 Å². The first-order chi connectivity index (χ1) is 9.45. The molecule has 1 heterocycles. The Balaban J connectivity index is 2.33. The van der Waals surface area contributed by atoms with Crippen molar-refractivity contribution in [3.05, 3.63) is 27.7 Å². The van der Waals surface area contributed by atoms with Gasteiger partial charge in [0.1, 0.15) is 4.90 Å². The highest BCUT2D eigenvalue weighted by molar-refractivity contribution is 7.99. The van der Waals surface area contributed by atoms with Gasteiger partial charge in [-0.25, -0.2) is 13.1 Å². The summed E-state index contributed by atoms with van der Waals surface area (Å²) in [4.78, 5) is 0.0886. The van der Waals surface area contributed by atoms with E-state index < -0.39 is 10.0 Å². The van der Waals surface area contributed by atoms with Crippen LogP contribution in [0.2, 0.25) is 10.0 Å². The topological polar surface area (TPSA) is 58.2 Å². The second-order valence-electron chi connectivity index (χ2n) is 4.55. The number of hydrogen-bond donors (Lipinski definition) is 2. The highest BCUT2D eigenvalue weighted by atomic mass is 35.5. The van der Waals surface area contributed by atoms with Gasteiger partial charge in [0.05, 0.1) is 5.02 Å². The van der Waals surface area contributed by atoms with Crippen LogP contribution < -0.4 is 10.0 Å². The van der Waals surface area contributed by atoms with E-state index in [0.29, 0.717) is 17.1 Å². The molecule has 8 heteroatoms. The van der Waals surface area contributed by atoms with Crippen LogP contribution in [0.25, 0.3) is 0 Å². The third-order valence-electron chi connectivity index (χ3n) is 3.05. The third-order valence-corrected chi connectivity index (χ3v) is 6.67. The van der Waals surface area contributed by atoms with Crippen LogP contribution in [0.1, 0.15) is 12.0 Å². The Kier molecular flexibility index (Phi) is 5.62. The molecule has 1 unspecified atom stereocenters. The van der Waals surface area contributed by atoms with Crippen molar-refractivity contribution in [3.8, 4) is 0 Å². The Morgan fingerprint density at radius 1 is 1.40 bits per heavy atom. The van der Waals surface area contributed by atoms with Crippen LogP contribution in [-0.2, 0) is 16.6 Å². The largest absolute Gasteiger partial charge is 0.316 e. The molecule has 1 aliphatic rings.